The molecule has 1 atom stereocenters. The first kappa shape index (κ1) is 32.5. The molecule has 0 aromatic heterocycles. The van der Waals surface area contributed by atoms with Gasteiger partial charge in [0.25, 0.3) is 14.2 Å². The van der Waals surface area contributed by atoms with E-state index in [1.807, 2.05) is 43.3 Å². The minimum absolute atomic E-state index is 0.122. The van der Waals surface area contributed by atoms with Gasteiger partial charge in [-0.05, 0) is 40.2 Å². The van der Waals surface area contributed by atoms with Crippen molar-refractivity contribution in [1.82, 2.24) is 5.32 Å². The Morgan fingerprint density at radius 2 is 1.54 bits per heavy atom. The van der Waals surface area contributed by atoms with Gasteiger partial charge in [-0.2, -0.15) is 0 Å². The number of aliphatic imine (C=N–C) groups is 1. The third-order valence-corrected chi connectivity index (χ3v) is 12.6. The van der Waals surface area contributed by atoms with E-state index in [0.717, 1.165) is 17.3 Å². The fraction of sp³-hybridized carbons (Fsp3) is 0.375. The smallest absolute Gasteiger partial charge is 0.270 e. The number of ether oxygens (including phenoxy) is 1. The van der Waals surface area contributed by atoms with Gasteiger partial charge in [-0.15, -0.1) is 0 Å². The van der Waals surface area contributed by atoms with Gasteiger partial charge in [0.15, 0.2) is 5.17 Å². The van der Waals surface area contributed by atoms with Crippen LogP contribution in [0.1, 0.15) is 53.0 Å². The van der Waals surface area contributed by atoms with E-state index in [4.69, 9.17) is 9.16 Å². The number of carbonyl (C=O) groups is 1. The molecule has 220 valence electrons. The Balaban J connectivity index is 1.91. The molecule has 9 heteroatoms. The normalized spacial score (nSPS) is 13.5. The summed E-state index contributed by atoms with van der Waals surface area (Å²) in [6.07, 6.45) is 2.17. The zero-order chi connectivity index (χ0) is 30.3. The monoisotopic (exact) mass is 598 g/mol. The van der Waals surface area contributed by atoms with Crippen molar-refractivity contribution in [2.75, 3.05) is 13.4 Å². The Hall–Kier alpha value is -3.01. The van der Waals surface area contributed by atoms with Crippen LogP contribution < -0.4 is 20.4 Å². The Morgan fingerprint density at radius 3 is 1.98 bits per heavy atom. The van der Waals surface area contributed by atoms with Gasteiger partial charge in [-0.1, -0.05) is 100 Å². The molecule has 1 amide bonds. The number of nitrogens with one attached hydrogen (secondary N) is 1. The number of hydrogen-bond acceptors (Lipinski definition) is 5. The van der Waals surface area contributed by atoms with Crippen LogP contribution in [0.5, 0.6) is 5.75 Å². The summed E-state index contributed by atoms with van der Waals surface area (Å²) in [5.41, 5.74) is 0.0493. The predicted octanol–water partition coefficient (Wildman–Crippen LogP) is 7.02. The molecule has 0 saturated carbocycles. The van der Waals surface area contributed by atoms with E-state index in [1.54, 1.807) is 12.3 Å². The quantitative estimate of drug-likeness (QED) is 0.155. The predicted molar refractivity (Wildman–Crippen MR) is 169 cm³/mol. The van der Waals surface area contributed by atoms with Crippen LogP contribution in [0.2, 0.25) is 5.04 Å². The van der Waals surface area contributed by atoms with Crippen molar-refractivity contribution in [3.63, 3.8) is 0 Å². The summed E-state index contributed by atoms with van der Waals surface area (Å²) < 4.78 is 40.4. The number of thioether (sulfide) groups is 1. The third-order valence-electron chi connectivity index (χ3n) is 6.93. The molecule has 0 aliphatic rings. The number of halogens is 2. The first-order valence-corrected chi connectivity index (χ1v) is 16.8. The van der Waals surface area contributed by atoms with Crippen molar-refractivity contribution < 1.29 is 22.7 Å². The fourth-order valence-electron chi connectivity index (χ4n) is 4.85. The zero-order valence-corrected chi connectivity index (χ0v) is 26.6. The standard InChI is InChI=1S/C32H40F2N2O3SSi/c1-8-25(39-41(31(2,3)4,27-15-11-9-12-16-27)28-17-13-10-14-18-28)22-29(37)36-30(40-7)35-24-19-23(32(5,33)34)20-26(21-24)38-6/h9-21,25H,8,22H2,1-7H3,(H,35,36,37). The largest absolute Gasteiger partial charge is 0.497 e. The van der Waals surface area contributed by atoms with E-state index >= 15 is 0 Å². The number of benzene rings is 3. The molecule has 1 unspecified atom stereocenters. The van der Waals surface area contributed by atoms with Gasteiger partial charge in [0.1, 0.15) is 5.75 Å². The molecule has 3 rings (SSSR count). The highest BCUT2D eigenvalue weighted by Gasteiger charge is 2.51. The number of amidine groups is 1. The molecule has 5 nitrogen and oxygen atoms in total. The molecule has 0 spiro atoms. The molecule has 0 aliphatic heterocycles. The second-order valence-electron chi connectivity index (χ2n) is 11.0. The average molecular weight is 599 g/mol. The summed E-state index contributed by atoms with van der Waals surface area (Å²) in [6, 6.07) is 24.7. The van der Waals surface area contributed by atoms with Crippen molar-refractivity contribution in [2.24, 2.45) is 4.99 Å². The highest BCUT2D eigenvalue weighted by Crippen LogP contribution is 2.38. The topological polar surface area (TPSA) is 59.9 Å². The average Bonchev–Trinajstić information content (AvgIpc) is 2.94. The second-order valence-corrected chi connectivity index (χ2v) is 16.0. The Labute approximate surface area is 247 Å². The van der Waals surface area contributed by atoms with Gasteiger partial charge in [-0.3, -0.25) is 4.79 Å². The Morgan fingerprint density at radius 1 is 0.976 bits per heavy atom. The van der Waals surface area contributed by atoms with E-state index in [0.29, 0.717) is 11.6 Å². The number of rotatable bonds is 10. The lowest BCUT2D eigenvalue weighted by Gasteiger charge is -2.45. The molecule has 0 fully saturated rings. The molecular weight excluding hydrogens is 559 g/mol. The van der Waals surface area contributed by atoms with E-state index < -0.39 is 14.2 Å². The van der Waals surface area contributed by atoms with Crippen LogP contribution in [0.4, 0.5) is 14.5 Å². The summed E-state index contributed by atoms with van der Waals surface area (Å²) in [6.45, 7) is 9.44. The van der Waals surface area contributed by atoms with Gasteiger partial charge in [-0.25, -0.2) is 13.8 Å². The van der Waals surface area contributed by atoms with Crippen molar-refractivity contribution >= 4 is 47.2 Å². The van der Waals surface area contributed by atoms with Crippen molar-refractivity contribution in [3.8, 4) is 5.75 Å². The van der Waals surface area contributed by atoms with Crippen LogP contribution in [0.3, 0.4) is 0 Å². The maximum atomic E-state index is 14.0. The number of alkyl halides is 2. The summed E-state index contributed by atoms with van der Waals surface area (Å²) in [4.78, 5) is 17.8. The van der Waals surface area contributed by atoms with Crippen molar-refractivity contribution in [2.45, 2.75) is 64.5 Å². The Bertz CT molecular complexity index is 1290. The lowest BCUT2D eigenvalue weighted by molar-refractivity contribution is -0.121. The van der Waals surface area contributed by atoms with Gasteiger partial charge in [0.2, 0.25) is 5.91 Å². The summed E-state index contributed by atoms with van der Waals surface area (Å²) >= 11 is 1.22. The van der Waals surface area contributed by atoms with Gasteiger partial charge in [0.05, 0.1) is 25.3 Å². The van der Waals surface area contributed by atoms with Crippen LogP contribution in [-0.2, 0) is 15.1 Å². The first-order chi connectivity index (χ1) is 19.3. The summed E-state index contributed by atoms with van der Waals surface area (Å²) in [7, 11) is -1.43. The van der Waals surface area contributed by atoms with E-state index in [1.165, 1.54) is 31.0 Å². The number of carbonyl (C=O) groups excluding carboxylic acids is 1. The highest BCUT2D eigenvalue weighted by molar-refractivity contribution is 8.13. The molecule has 0 aliphatic carbocycles. The van der Waals surface area contributed by atoms with Crippen LogP contribution in [-0.4, -0.2) is 38.9 Å². The molecule has 0 saturated heterocycles. The fourth-order valence-corrected chi connectivity index (χ4v) is 10.0. The van der Waals surface area contributed by atoms with Crippen LogP contribution >= 0.6 is 11.8 Å². The summed E-state index contributed by atoms with van der Waals surface area (Å²) in [5.74, 6) is -3.06. The minimum atomic E-state index is -3.06. The van der Waals surface area contributed by atoms with Crippen LogP contribution in [0.15, 0.2) is 83.9 Å². The van der Waals surface area contributed by atoms with Crippen molar-refractivity contribution in [1.29, 1.82) is 0 Å². The van der Waals surface area contributed by atoms with Gasteiger partial charge >= 0.3 is 0 Å². The van der Waals surface area contributed by atoms with Crippen LogP contribution in [0.25, 0.3) is 0 Å². The lowest BCUT2D eigenvalue weighted by Crippen LogP contribution is -2.67. The van der Waals surface area contributed by atoms with E-state index in [9.17, 15) is 13.6 Å². The highest BCUT2D eigenvalue weighted by atomic mass is 32.2. The number of amides is 1. The van der Waals surface area contributed by atoms with E-state index in [-0.39, 0.29) is 40.5 Å². The molecule has 0 radical (unpaired) electrons. The maximum Gasteiger partial charge on any atom is 0.270 e. The maximum absolute atomic E-state index is 14.0. The summed E-state index contributed by atoms with van der Waals surface area (Å²) in [5, 5.41) is 5.22. The van der Waals surface area contributed by atoms with Crippen molar-refractivity contribution in [3.05, 3.63) is 84.4 Å². The SMILES string of the molecule is CCC(CC(=O)NC(=Nc1cc(OC)cc(C(C)(F)F)c1)SC)O[Si](c1ccccc1)(c1ccccc1)C(C)(C)C. The number of methoxy groups -OCH3 is 1. The molecule has 0 heterocycles. The molecule has 3 aromatic carbocycles. The van der Waals surface area contributed by atoms with Gasteiger partial charge in [0, 0.05) is 18.6 Å². The first-order valence-electron chi connectivity index (χ1n) is 13.6. The minimum Gasteiger partial charge on any atom is -0.497 e. The molecule has 41 heavy (non-hydrogen) atoms. The zero-order valence-electron chi connectivity index (χ0n) is 24.8. The second kappa shape index (κ2) is 13.8. The van der Waals surface area contributed by atoms with Gasteiger partial charge < -0.3 is 14.5 Å². The number of hydrogen-bond donors (Lipinski definition) is 1. The molecule has 1 N–H and O–H groups in total. The van der Waals surface area contributed by atoms with Crippen LogP contribution in [0, 0.1) is 0 Å². The molecular formula is C32H40F2N2O3SSi. The molecule has 3 aromatic rings. The van der Waals surface area contributed by atoms with E-state index in [2.05, 4.69) is 55.3 Å². The number of nitrogens with zero attached hydrogens (tertiary/aromatic N) is 1. The third kappa shape index (κ3) is 8.05. The molecule has 0 bridgehead atoms. The Kier molecular flexibility index (Phi) is 10.9. The lowest BCUT2D eigenvalue weighted by atomic mass is 10.1.